The molecular formula is C14H11BrN4O. The first-order valence-electron chi connectivity index (χ1n) is 6.04. The first kappa shape index (κ1) is 12.8. The minimum absolute atomic E-state index is 0.157. The van der Waals surface area contributed by atoms with Gasteiger partial charge in [-0.3, -0.25) is 9.78 Å². The van der Waals surface area contributed by atoms with Crippen molar-refractivity contribution in [1.82, 2.24) is 19.9 Å². The lowest BCUT2D eigenvalue weighted by Crippen LogP contribution is -2.22. The standard InChI is InChI=1S/C14H11BrN4O/c15-11-3-1-10(2-4-11)7-17-14(20)12-8-18-19-6-5-16-9-13(12)19/h1-6,8-9H,7H2,(H,17,20). The van der Waals surface area contributed by atoms with Crippen molar-refractivity contribution in [2.24, 2.45) is 0 Å². The maximum absolute atomic E-state index is 12.2. The van der Waals surface area contributed by atoms with E-state index in [1.807, 2.05) is 24.3 Å². The molecule has 1 aromatic carbocycles. The number of fused-ring (bicyclic) bond motifs is 1. The van der Waals surface area contributed by atoms with E-state index < -0.39 is 0 Å². The lowest BCUT2D eigenvalue weighted by molar-refractivity contribution is 0.0952. The highest BCUT2D eigenvalue weighted by molar-refractivity contribution is 9.10. The molecule has 5 nitrogen and oxygen atoms in total. The summed E-state index contributed by atoms with van der Waals surface area (Å²) in [5.74, 6) is -0.157. The van der Waals surface area contributed by atoms with Crippen LogP contribution in [0.2, 0.25) is 0 Å². The molecule has 0 aliphatic carbocycles. The zero-order valence-corrected chi connectivity index (χ0v) is 12.0. The number of carbonyl (C=O) groups is 1. The fraction of sp³-hybridized carbons (Fsp3) is 0.0714. The van der Waals surface area contributed by atoms with Crippen LogP contribution in [0.4, 0.5) is 0 Å². The zero-order chi connectivity index (χ0) is 13.9. The molecule has 0 fully saturated rings. The van der Waals surface area contributed by atoms with Crippen LogP contribution in [0.3, 0.4) is 0 Å². The average molecular weight is 331 g/mol. The Balaban J connectivity index is 1.75. The Morgan fingerprint density at radius 1 is 1.25 bits per heavy atom. The average Bonchev–Trinajstić information content (AvgIpc) is 2.90. The largest absolute Gasteiger partial charge is 0.348 e. The third kappa shape index (κ3) is 2.55. The molecule has 0 atom stereocenters. The van der Waals surface area contributed by atoms with E-state index in [2.05, 4.69) is 31.3 Å². The van der Waals surface area contributed by atoms with Crippen LogP contribution in [0.5, 0.6) is 0 Å². The monoisotopic (exact) mass is 330 g/mol. The van der Waals surface area contributed by atoms with Crippen LogP contribution in [0.15, 0.2) is 53.5 Å². The van der Waals surface area contributed by atoms with Crippen LogP contribution in [-0.4, -0.2) is 20.5 Å². The topological polar surface area (TPSA) is 59.3 Å². The maximum atomic E-state index is 12.2. The van der Waals surface area contributed by atoms with E-state index in [9.17, 15) is 4.79 Å². The van der Waals surface area contributed by atoms with Crippen LogP contribution in [0, 0.1) is 0 Å². The van der Waals surface area contributed by atoms with Gasteiger partial charge < -0.3 is 5.32 Å². The van der Waals surface area contributed by atoms with Crippen LogP contribution in [0.1, 0.15) is 15.9 Å². The predicted molar refractivity (Wildman–Crippen MR) is 78.3 cm³/mol. The summed E-state index contributed by atoms with van der Waals surface area (Å²) < 4.78 is 2.64. The fourth-order valence-electron chi connectivity index (χ4n) is 1.89. The second kappa shape index (κ2) is 5.42. The summed E-state index contributed by atoms with van der Waals surface area (Å²) >= 11 is 3.38. The van der Waals surface area contributed by atoms with Crippen LogP contribution < -0.4 is 5.32 Å². The summed E-state index contributed by atoms with van der Waals surface area (Å²) in [4.78, 5) is 16.2. The molecule has 2 heterocycles. The second-order valence-electron chi connectivity index (χ2n) is 4.27. The van der Waals surface area contributed by atoms with Gasteiger partial charge in [0.1, 0.15) is 0 Å². The van der Waals surface area contributed by atoms with Crippen LogP contribution in [0.25, 0.3) is 5.52 Å². The molecule has 0 bridgehead atoms. The Morgan fingerprint density at radius 2 is 2.05 bits per heavy atom. The summed E-state index contributed by atoms with van der Waals surface area (Å²) in [7, 11) is 0. The van der Waals surface area contributed by atoms with Gasteiger partial charge in [-0.05, 0) is 17.7 Å². The van der Waals surface area contributed by atoms with Gasteiger partial charge in [-0.15, -0.1) is 0 Å². The highest BCUT2D eigenvalue weighted by atomic mass is 79.9. The quantitative estimate of drug-likeness (QED) is 0.802. The van der Waals surface area contributed by atoms with Gasteiger partial charge in [0, 0.05) is 23.4 Å². The molecular weight excluding hydrogens is 320 g/mol. The third-order valence-electron chi connectivity index (χ3n) is 2.94. The minimum atomic E-state index is -0.157. The Kier molecular flexibility index (Phi) is 3.47. The first-order valence-corrected chi connectivity index (χ1v) is 6.83. The van der Waals surface area contributed by atoms with Crippen LogP contribution in [-0.2, 0) is 6.54 Å². The number of halogens is 1. The SMILES string of the molecule is O=C(NCc1ccc(Br)cc1)c1cnn2ccncc12. The van der Waals surface area contributed by atoms with Crippen molar-refractivity contribution in [3.63, 3.8) is 0 Å². The number of nitrogens with zero attached hydrogens (tertiary/aromatic N) is 3. The van der Waals surface area contributed by atoms with Crippen molar-refractivity contribution in [2.75, 3.05) is 0 Å². The van der Waals surface area contributed by atoms with Crippen molar-refractivity contribution in [2.45, 2.75) is 6.54 Å². The third-order valence-corrected chi connectivity index (χ3v) is 3.46. The van der Waals surface area contributed by atoms with Crippen molar-refractivity contribution >= 4 is 27.4 Å². The number of hydrogen-bond donors (Lipinski definition) is 1. The molecule has 1 amide bonds. The van der Waals surface area contributed by atoms with Gasteiger partial charge in [-0.2, -0.15) is 5.10 Å². The van der Waals surface area contributed by atoms with E-state index in [4.69, 9.17) is 0 Å². The normalized spacial score (nSPS) is 10.7. The molecule has 0 aliphatic rings. The van der Waals surface area contributed by atoms with E-state index in [0.717, 1.165) is 10.0 Å². The number of hydrogen-bond acceptors (Lipinski definition) is 3. The van der Waals surface area contributed by atoms with Gasteiger partial charge in [0.2, 0.25) is 0 Å². The van der Waals surface area contributed by atoms with Gasteiger partial charge in [0.25, 0.3) is 5.91 Å². The number of amides is 1. The van der Waals surface area contributed by atoms with Crippen LogP contribution >= 0.6 is 15.9 Å². The maximum Gasteiger partial charge on any atom is 0.255 e. The van der Waals surface area contributed by atoms with Crippen molar-refractivity contribution < 1.29 is 4.79 Å². The second-order valence-corrected chi connectivity index (χ2v) is 5.19. The minimum Gasteiger partial charge on any atom is -0.348 e. The molecule has 6 heteroatoms. The predicted octanol–water partition coefficient (Wildman–Crippen LogP) is 2.42. The molecule has 0 saturated carbocycles. The van der Waals surface area contributed by atoms with Crippen molar-refractivity contribution in [3.8, 4) is 0 Å². The van der Waals surface area contributed by atoms with Gasteiger partial charge in [0.05, 0.1) is 23.5 Å². The van der Waals surface area contributed by atoms with Crippen molar-refractivity contribution in [1.29, 1.82) is 0 Å². The summed E-state index contributed by atoms with van der Waals surface area (Å²) in [5, 5.41) is 6.99. The summed E-state index contributed by atoms with van der Waals surface area (Å²) in [5.41, 5.74) is 2.26. The molecule has 3 aromatic rings. The summed E-state index contributed by atoms with van der Waals surface area (Å²) in [6, 6.07) is 7.81. The summed E-state index contributed by atoms with van der Waals surface area (Å²) in [6.07, 6.45) is 6.51. The molecule has 3 rings (SSSR count). The number of benzene rings is 1. The van der Waals surface area contributed by atoms with Crippen molar-refractivity contribution in [3.05, 3.63) is 64.7 Å². The molecule has 100 valence electrons. The Hall–Kier alpha value is -2.21. The zero-order valence-electron chi connectivity index (χ0n) is 10.5. The Bertz CT molecular complexity index is 751. The molecule has 0 aliphatic heterocycles. The smallest absolute Gasteiger partial charge is 0.255 e. The molecule has 2 aromatic heterocycles. The number of carbonyl (C=O) groups excluding carboxylic acids is 1. The number of rotatable bonds is 3. The molecule has 20 heavy (non-hydrogen) atoms. The molecule has 0 radical (unpaired) electrons. The lowest BCUT2D eigenvalue weighted by atomic mass is 10.2. The Labute approximate surface area is 123 Å². The lowest BCUT2D eigenvalue weighted by Gasteiger charge is -2.04. The molecule has 1 N–H and O–H groups in total. The van der Waals surface area contributed by atoms with E-state index in [1.165, 1.54) is 0 Å². The van der Waals surface area contributed by atoms with E-state index in [0.29, 0.717) is 17.6 Å². The van der Waals surface area contributed by atoms with E-state index in [-0.39, 0.29) is 5.91 Å². The fourth-order valence-corrected chi connectivity index (χ4v) is 2.15. The highest BCUT2D eigenvalue weighted by Gasteiger charge is 2.12. The molecule has 0 unspecified atom stereocenters. The van der Waals surface area contributed by atoms with Gasteiger partial charge in [-0.25, -0.2) is 4.52 Å². The number of aromatic nitrogens is 3. The molecule has 0 spiro atoms. The highest BCUT2D eigenvalue weighted by Crippen LogP contribution is 2.11. The van der Waals surface area contributed by atoms with E-state index in [1.54, 1.807) is 29.3 Å². The summed E-state index contributed by atoms with van der Waals surface area (Å²) in [6.45, 7) is 0.476. The van der Waals surface area contributed by atoms with Gasteiger partial charge in [0.15, 0.2) is 0 Å². The van der Waals surface area contributed by atoms with Gasteiger partial charge in [-0.1, -0.05) is 28.1 Å². The Morgan fingerprint density at radius 3 is 2.85 bits per heavy atom. The van der Waals surface area contributed by atoms with Gasteiger partial charge >= 0.3 is 0 Å². The number of nitrogens with one attached hydrogen (secondary N) is 1. The van der Waals surface area contributed by atoms with E-state index >= 15 is 0 Å². The molecule has 0 saturated heterocycles. The first-order chi connectivity index (χ1) is 9.74.